The molecular weight excluding hydrogens is 272 g/mol. The lowest BCUT2D eigenvalue weighted by Gasteiger charge is -2.45. The third kappa shape index (κ3) is 2.13. The van der Waals surface area contributed by atoms with Gasteiger partial charge in [0, 0.05) is 10.4 Å². The first-order chi connectivity index (χ1) is 7.51. The zero-order chi connectivity index (χ0) is 11.8. The van der Waals surface area contributed by atoms with Crippen LogP contribution in [0.5, 0.6) is 0 Å². The van der Waals surface area contributed by atoms with Crippen LogP contribution in [0.15, 0.2) is 28.7 Å². The molecule has 1 fully saturated rings. The number of carboxylic acid groups (broad SMARTS) is 1. The fraction of sp³-hybridized carbons (Fsp3) is 0.417. The molecule has 0 bridgehead atoms. The van der Waals surface area contributed by atoms with E-state index in [2.05, 4.69) is 15.9 Å². The van der Waals surface area contributed by atoms with Crippen molar-refractivity contribution >= 4 is 21.9 Å². The lowest BCUT2D eigenvalue weighted by molar-refractivity contribution is -0.148. The molecule has 1 aromatic rings. The molecule has 86 valence electrons. The highest BCUT2D eigenvalue weighted by Gasteiger charge is 2.47. The molecule has 2 unspecified atom stereocenters. The van der Waals surface area contributed by atoms with Crippen LogP contribution in [0.3, 0.4) is 0 Å². The molecule has 1 aromatic carbocycles. The number of carbonyl (C=O) groups is 1. The van der Waals surface area contributed by atoms with Gasteiger partial charge in [-0.3, -0.25) is 4.79 Å². The van der Waals surface area contributed by atoms with Crippen LogP contribution in [-0.4, -0.2) is 21.8 Å². The van der Waals surface area contributed by atoms with Gasteiger partial charge in [0.05, 0.1) is 12.0 Å². The van der Waals surface area contributed by atoms with E-state index in [-0.39, 0.29) is 12.3 Å². The summed E-state index contributed by atoms with van der Waals surface area (Å²) < 4.78 is 0.984. The summed E-state index contributed by atoms with van der Waals surface area (Å²) in [4.78, 5) is 10.7. The number of hydrogen-bond acceptors (Lipinski definition) is 2. The summed E-state index contributed by atoms with van der Waals surface area (Å²) in [5.41, 5.74) is -0.0437. The van der Waals surface area contributed by atoms with Gasteiger partial charge in [-0.15, -0.1) is 0 Å². The third-order valence-corrected chi connectivity index (χ3v) is 3.77. The largest absolute Gasteiger partial charge is 0.481 e. The smallest absolute Gasteiger partial charge is 0.306 e. The van der Waals surface area contributed by atoms with E-state index < -0.39 is 11.6 Å². The van der Waals surface area contributed by atoms with E-state index in [1.165, 1.54) is 0 Å². The Labute approximate surface area is 102 Å². The minimum atomic E-state index is -1.06. The van der Waals surface area contributed by atoms with E-state index in [0.717, 1.165) is 16.5 Å². The van der Waals surface area contributed by atoms with Crippen LogP contribution in [0.2, 0.25) is 0 Å². The van der Waals surface area contributed by atoms with Crippen molar-refractivity contribution in [2.75, 3.05) is 0 Å². The lowest BCUT2D eigenvalue weighted by Crippen LogP contribution is -2.46. The molecule has 0 heterocycles. The van der Waals surface area contributed by atoms with Crippen molar-refractivity contribution in [3.8, 4) is 0 Å². The van der Waals surface area contributed by atoms with Gasteiger partial charge in [-0.1, -0.05) is 28.1 Å². The molecule has 16 heavy (non-hydrogen) atoms. The van der Waals surface area contributed by atoms with Crippen LogP contribution >= 0.6 is 15.9 Å². The molecule has 0 spiro atoms. The molecule has 2 atom stereocenters. The van der Waals surface area contributed by atoms with Gasteiger partial charge < -0.3 is 10.2 Å². The molecule has 2 rings (SSSR count). The molecule has 0 radical (unpaired) electrons. The first kappa shape index (κ1) is 11.6. The van der Waals surface area contributed by atoms with Gasteiger partial charge in [-0.05, 0) is 30.5 Å². The Balaban J connectivity index is 2.16. The van der Waals surface area contributed by atoms with E-state index in [4.69, 9.17) is 5.11 Å². The van der Waals surface area contributed by atoms with Gasteiger partial charge in [-0.2, -0.15) is 0 Å². The SMILES string of the molecule is O=C(O)CC1(O)CCC1c1ccc(Br)cc1. The van der Waals surface area contributed by atoms with Crippen LogP contribution in [-0.2, 0) is 4.79 Å². The molecule has 4 heteroatoms. The van der Waals surface area contributed by atoms with Gasteiger partial charge >= 0.3 is 5.97 Å². The first-order valence-electron chi connectivity index (χ1n) is 5.21. The summed E-state index contributed by atoms with van der Waals surface area (Å²) in [5.74, 6) is -0.985. The molecule has 3 nitrogen and oxygen atoms in total. The van der Waals surface area contributed by atoms with Crippen LogP contribution in [0.1, 0.15) is 30.7 Å². The molecule has 1 aliphatic carbocycles. The number of aliphatic carboxylic acids is 1. The number of carboxylic acids is 1. The predicted octanol–water partition coefficient (Wildman–Crippen LogP) is 2.53. The van der Waals surface area contributed by atoms with Crippen molar-refractivity contribution in [3.05, 3.63) is 34.3 Å². The number of aliphatic hydroxyl groups is 1. The highest BCUT2D eigenvalue weighted by Crippen LogP contribution is 2.48. The average Bonchev–Trinajstić information content (AvgIpc) is 2.19. The Kier molecular flexibility index (Phi) is 3.04. The van der Waals surface area contributed by atoms with Crippen LogP contribution in [0.25, 0.3) is 0 Å². The van der Waals surface area contributed by atoms with Crippen molar-refractivity contribution in [1.82, 2.24) is 0 Å². The Morgan fingerprint density at radius 3 is 2.50 bits per heavy atom. The molecule has 0 saturated heterocycles. The van der Waals surface area contributed by atoms with Gasteiger partial charge in [0.2, 0.25) is 0 Å². The second-order valence-electron chi connectivity index (χ2n) is 4.32. The van der Waals surface area contributed by atoms with Crippen molar-refractivity contribution in [2.45, 2.75) is 30.8 Å². The fourth-order valence-electron chi connectivity index (χ4n) is 2.27. The van der Waals surface area contributed by atoms with Crippen molar-refractivity contribution in [3.63, 3.8) is 0 Å². The van der Waals surface area contributed by atoms with Crippen LogP contribution in [0.4, 0.5) is 0 Å². The predicted molar refractivity (Wildman–Crippen MR) is 63.3 cm³/mol. The maximum atomic E-state index is 10.7. The van der Waals surface area contributed by atoms with Gasteiger partial charge in [0.15, 0.2) is 0 Å². The van der Waals surface area contributed by atoms with Gasteiger partial charge in [0.25, 0.3) is 0 Å². The van der Waals surface area contributed by atoms with Crippen molar-refractivity contribution < 1.29 is 15.0 Å². The molecule has 0 amide bonds. The van der Waals surface area contributed by atoms with Crippen LogP contribution in [0, 0.1) is 0 Å². The lowest BCUT2D eigenvalue weighted by atomic mass is 9.64. The summed E-state index contributed by atoms with van der Waals surface area (Å²) in [6.07, 6.45) is 1.25. The quantitative estimate of drug-likeness (QED) is 0.897. The molecular formula is C12H13BrO3. The van der Waals surface area contributed by atoms with Crippen molar-refractivity contribution in [1.29, 1.82) is 0 Å². The minimum Gasteiger partial charge on any atom is -0.481 e. The minimum absolute atomic E-state index is 0.0447. The normalized spacial score (nSPS) is 28.5. The standard InChI is InChI=1S/C12H13BrO3/c13-9-3-1-8(2-4-9)10-5-6-12(10,16)7-11(14)15/h1-4,10,16H,5-7H2,(H,14,15). The topological polar surface area (TPSA) is 57.5 Å². The second-order valence-corrected chi connectivity index (χ2v) is 5.23. The maximum absolute atomic E-state index is 10.7. The van der Waals surface area contributed by atoms with E-state index in [1.54, 1.807) is 0 Å². The second kappa shape index (κ2) is 4.18. The molecule has 2 N–H and O–H groups in total. The monoisotopic (exact) mass is 284 g/mol. The molecule has 1 aliphatic rings. The van der Waals surface area contributed by atoms with E-state index in [0.29, 0.717) is 6.42 Å². The average molecular weight is 285 g/mol. The molecule has 0 aliphatic heterocycles. The highest BCUT2D eigenvalue weighted by molar-refractivity contribution is 9.10. The third-order valence-electron chi connectivity index (χ3n) is 3.24. The van der Waals surface area contributed by atoms with Gasteiger partial charge in [-0.25, -0.2) is 0 Å². The van der Waals surface area contributed by atoms with E-state index in [1.807, 2.05) is 24.3 Å². The number of halogens is 1. The Morgan fingerprint density at radius 2 is 2.06 bits per heavy atom. The fourth-order valence-corrected chi connectivity index (χ4v) is 2.53. The number of rotatable bonds is 3. The van der Waals surface area contributed by atoms with Crippen LogP contribution < -0.4 is 0 Å². The van der Waals surface area contributed by atoms with E-state index >= 15 is 0 Å². The molecule has 0 aromatic heterocycles. The molecule has 1 saturated carbocycles. The summed E-state index contributed by atoms with van der Waals surface area (Å²) in [5, 5.41) is 18.9. The number of hydrogen-bond donors (Lipinski definition) is 2. The summed E-state index contributed by atoms with van der Waals surface area (Å²) in [7, 11) is 0. The summed E-state index contributed by atoms with van der Waals surface area (Å²) in [6.45, 7) is 0. The zero-order valence-corrected chi connectivity index (χ0v) is 10.3. The van der Waals surface area contributed by atoms with Gasteiger partial charge in [0.1, 0.15) is 0 Å². The summed E-state index contributed by atoms with van der Waals surface area (Å²) >= 11 is 3.35. The zero-order valence-electron chi connectivity index (χ0n) is 8.69. The Bertz CT molecular complexity index is 401. The van der Waals surface area contributed by atoms with E-state index in [9.17, 15) is 9.90 Å². The van der Waals surface area contributed by atoms with Crippen molar-refractivity contribution in [2.24, 2.45) is 0 Å². The first-order valence-corrected chi connectivity index (χ1v) is 6.00. The number of benzene rings is 1. The highest BCUT2D eigenvalue weighted by atomic mass is 79.9. The Morgan fingerprint density at radius 1 is 1.44 bits per heavy atom. The summed E-state index contributed by atoms with van der Waals surface area (Å²) in [6, 6.07) is 7.69. The Hall–Kier alpha value is -0.870. The maximum Gasteiger partial charge on any atom is 0.306 e.